The van der Waals surface area contributed by atoms with Crippen molar-refractivity contribution >= 4 is 34.5 Å². The summed E-state index contributed by atoms with van der Waals surface area (Å²) >= 11 is 1.41. The smallest absolute Gasteiger partial charge is 0.338 e. The molecule has 9 nitrogen and oxygen atoms in total. The third kappa shape index (κ3) is 5.97. The number of amidine groups is 1. The highest BCUT2D eigenvalue weighted by molar-refractivity contribution is 8.16. The Hall–Kier alpha value is -4.57. The summed E-state index contributed by atoms with van der Waals surface area (Å²) in [5, 5.41) is 5.53. The topological polar surface area (TPSA) is 102 Å². The van der Waals surface area contributed by atoms with Gasteiger partial charge in [0.25, 0.3) is 0 Å². The molecule has 1 aromatic heterocycles. The van der Waals surface area contributed by atoms with E-state index in [4.69, 9.17) is 19.2 Å². The lowest BCUT2D eigenvalue weighted by atomic mass is 9.90. The van der Waals surface area contributed by atoms with Crippen LogP contribution < -0.4 is 14.8 Å². The van der Waals surface area contributed by atoms with Crippen molar-refractivity contribution in [2.24, 2.45) is 4.99 Å². The van der Waals surface area contributed by atoms with Gasteiger partial charge in [-0.05, 0) is 42.2 Å². The third-order valence-corrected chi connectivity index (χ3v) is 7.56. The minimum atomic E-state index is -0.674. The number of nitrogens with zero attached hydrogens (tertiary/aromatic N) is 3. The summed E-state index contributed by atoms with van der Waals surface area (Å²) in [5.74, 6) is 0.492. The second kappa shape index (κ2) is 12.7. The lowest BCUT2D eigenvalue weighted by Gasteiger charge is -2.37. The lowest BCUT2D eigenvalue weighted by Crippen LogP contribution is -2.38. The molecule has 0 unspecified atom stereocenters. The van der Waals surface area contributed by atoms with Crippen molar-refractivity contribution in [3.63, 3.8) is 0 Å². The average molecular weight is 571 g/mol. The number of carbonyl (C=O) groups excluding carboxylic acids is 2. The number of pyridine rings is 1. The molecule has 1 amide bonds. The van der Waals surface area contributed by atoms with Gasteiger partial charge in [0.1, 0.15) is 11.5 Å². The summed E-state index contributed by atoms with van der Waals surface area (Å²) < 4.78 is 16.8. The molecule has 10 heteroatoms. The summed E-state index contributed by atoms with van der Waals surface area (Å²) in [5.41, 5.74) is 4.02. The van der Waals surface area contributed by atoms with Gasteiger partial charge in [-0.15, -0.1) is 0 Å². The molecule has 2 aliphatic rings. The van der Waals surface area contributed by atoms with Crippen LogP contribution in [0.3, 0.4) is 0 Å². The van der Waals surface area contributed by atoms with Crippen molar-refractivity contribution in [3.8, 4) is 11.5 Å². The Balaban J connectivity index is 1.58. The zero-order valence-electron chi connectivity index (χ0n) is 23.0. The maximum absolute atomic E-state index is 13.7. The molecule has 0 fully saturated rings. The molecule has 1 atom stereocenters. The van der Waals surface area contributed by atoms with Gasteiger partial charge in [-0.3, -0.25) is 9.78 Å². The number of benzene rings is 2. The monoisotopic (exact) mass is 570 g/mol. The number of esters is 1. The zero-order valence-corrected chi connectivity index (χ0v) is 23.8. The maximum Gasteiger partial charge on any atom is 0.338 e. The van der Waals surface area contributed by atoms with Gasteiger partial charge in [0.2, 0.25) is 5.91 Å². The molecule has 41 heavy (non-hydrogen) atoms. The normalized spacial score (nSPS) is 16.0. The van der Waals surface area contributed by atoms with Gasteiger partial charge in [-0.1, -0.05) is 42.1 Å². The van der Waals surface area contributed by atoms with Crippen LogP contribution in [0, 0.1) is 0 Å². The van der Waals surface area contributed by atoms with Crippen molar-refractivity contribution in [1.29, 1.82) is 0 Å². The number of methoxy groups -OCH3 is 2. The first-order chi connectivity index (χ1) is 20.0. The summed E-state index contributed by atoms with van der Waals surface area (Å²) in [4.78, 5) is 37.7. The van der Waals surface area contributed by atoms with Crippen LogP contribution in [-0.2, 0) is 20.9 Å². The molecule has 2 aromatic carbocycles. The standard InChI is InChI=1S/C31H30N4O5S/c1-4-40-30(37)27-28(21-8-6-5-7-9-21)34-31-35(29(27)24-11-10-23(38-2)17-25(24)39-3)22(19-41-31)16-26(36)33-18-20-12-14-32-15-13-20/h5-15,17,19,29H,4,16,18H2,1-3H3,(H,33,36)/t29-/m0/s1. The minimum Gasteiger partial charge on any atom is -0.497 e. The molecule has 0 aliphatic carbocycles. The third-order valence-electron chi connectivity index (χ3n) is 6.67. The van der Waals surface area contributed by atoms with E-state index in [0.29, 0.717) is 45.7 Å². The molecule has 0 bridgehead atoms. The van der Waals surface area contributed by atoms with Crippen molar-refractivity contribution in [2.75, 3.05) is 20.8 Å². The van der Waals surface area contributed by atoms with Crippen LogP contribution in [0.5, 0.6) is 11.5 Å². The van der Waals surface area contributed by atoms with Gasteiger partial charge < -0.3 is 24.4 Å². The van der Waals surface area contributed by atoms with E-state index in [2.05, 4.69) is 10.3 Å². The number of ether oxygens (including phenoxy) is 3. The van der Waals surface area contributed by atoms with Crippen LogP contribution in [0.2, 0.25) is 0 Å². The van der Waals surface area contributed by atoms with Crippen LogP contribution in [-0.4, -0.2) is 47.8 Å². The first kappa shape index (κ1) is 28.0. The fourth-order valence-electron chi connectivity index (χ4n) is 4.76. The molecular formula is C31H30N4O5S. The van der Waals surface area contributed by atoms with Gasteiger partial charge in [-0.2, -0.15) is 0 Å². The Kier molecular flexibility index (Phi) is 8.69. The van der Waals surface area contributed by atoms with E-state index in [0.717, 1.165) is 11.1 Å². The zero-order chi connectivity index (χ0) is 28.8. The first-order valence-corrected chi connectivity index (χ1v) is 14.0. The molecule has 1 N–H and O–H groups in total. The molecule has 3 heterocycles. The highest BCUT2D eigenvalue weighted by atomic mass is 32.2. The van der Waals surface area contributed by atoms with Gasteiger partial charge in [0.15, 0.2) is 5.17 Å². The van der Waals surface area contributed by atoms with Crippen LogP contribution in [0.4, 0.5) is 0 Å². The largest absolute Gasteiger partial charge is 0.497 e. The fraction of sp³-hybridized carbons (Fsp3) is 0.226. The van der Waals surface area contributed by atoms with Crippen molar-refractivity contribution in [3.05, 3.63) is 106 Å². The number of hydrogen-bond acceptors (Lipinski definition) is 9. The van der Waals surface area contributed by atoms with Gasteiger partial charge in [0, 0.05) is 41.8 Å². The Bertz CT molecular complexity index is 1520. The number of hydrogen-bond donors (Lipinski definition) is 1. The number of nitrogens with one attached hydrogen (secondary N) is 1. The maximum atomic E-state index is 13.7. The first-order valence-electron chi connectivity index (χ1n) is 13.1. The number of aliphatic imine (C=N–C) groups is 1. The van der Waals surface area contributed by atoms with E-state index in [9.17, 15) is 9.59 Å². The highest BCUT2D eigenvalue weighted by Gasteiger charge is 2.43. The Labute approximate surface area is 242 Å². The van der Waals surface area contributed by atoms with Crippen LogP contribution in [0.1, 0.15) is 36.1 Å². The van der Waals surface area contributed by atoms with E-state index in [1.165, 1.54) is 11.8 Å². The van der Waals surface area contributed by atoms with E-state index < -0.39 is 12.0 Å². The van der Waals surface area contributed by atoms with E-state index >= 15 is 0 Å². The molecule has 3 aromatic rings. The minimum absolute atomic E-state index is 0.0862. The second-order valence-corrected chi connectivity index (χ2v) is 10.00. The summed E-state index contributed by atoms with van der Waals surface area (Å²) in [6, 6.07) is 18.1. The predicted molar refractivity (Wildman–Crippen MR) is 158 cm³/mol. The van der Waals surface area contributed by atoms with Crippen LogP contribution in [0.15, 0.2) is 94.7 Å². The molecule has 2 aliphatic heterocycles. The quantitative estimate of drug-likeness (QED) is 0.337. The number of rotatable bonds is 10. The van der Waals surface area contributed by atoms with E-state index in [-0.39, 0.29) is 18.9 Å². The highest BCUT2D eigenvalue weighted by Crippen LogP contribution is 2.49. The molecule has 210 valence electrons. The number of thioether (sulfide) groups is 1. The molecule has 0 saturated heterocycles. The number of carbonyl (C=O) groups is 2. The van der Waals surface area contributed by atoms with Crippen molar-refractivity contribution < 1.29 is 23.8 Å². The Morgan fingerprint density at radius 2 is 1.80 bits per heavy atom. The number of amides is 1. The van der Waals surface area contributed by atoms with Gasteiger partial charge >= 0.3 is 5.97 Å². The molecule has 0 saturated carbocycles. The van der Waals surface area contributed by atoms with Gasteiger partial charge in [0.05, 0.1) is 44.6 Å². The van der Waals surface area contributed by atoms with E-state index in [1.807, 2.05) is 64.9 Å². The van der Waals surface area contributed by atoms with Crippen LogP contribution in [0.25, 0.3) is 5.70 Å². The molecule has 0 radical (unpaired) electrons. The molecular weight excluding hydrogens is 540 g/mol. The fourth-order valence-corrected chi connectivity index (χ4v) is 5.67. The lowest BCUT2D eigenvalue weighted by molar-refractivity contribution is -0.139. The summed E-state index contributed by atoms with van der Waals surface area (Å²) in [7, 11) is 3.16. The van der Waals surface area contributed by atoms with Crippen molar-refractivity contribution in [1.82, 2.24) is 15.2 Å². The SMILES string of the molecule is CCOC(=O)C1=C(c2ccccc2)N=C2SC=C(CC(=O)NCc3ccncc3)N2[C@H]1c1ccc(OC)cc1OC. The summed E-state index contributed by atoms with van der Waals surface area (Å²) in [6.45, 7) is 2.35. The van der Waals surface area contributed by atoms with Crippen molar-refractivity contribution in [2.45, 2.75) is 25.9 Å². The van der Waals surface area contributed by atoms with E-state index in [1.54, 1.807) is 39.6 Å². The Morgan fingerprint density at radius 3 is 2.51 bits per heavy atom. The Morgan fingerprint density at radius 1 is 1.02 bits per heavy atom. The average Bonchev–Trinajstić information content (AvgIpc) is 3.41. The summed E-state index contributed by atoms with van der Waals surface area (Å²) in [6.07, 6.45) is 3.46. The number of fused-ring (bicyclic) bond motifs is 1. The second-order valence-electron chi connectivity index (χ2n) is 9.16. The predicted octanol–water partition coefficient (Wildman–Crippen LogP) is 5.08. The van der Waals surface area contributed by atoms with Gasteiger partial charge in [-0.25, -0.2) is 9.79 Å². The number of aromatic nitrogens is 1. The van der Waals surface area contributed by atoms with Crippen LogP contribution >= 0.6 is 11.8 Å². The molecule has 0 spiro atoms. The molecule has 5 rings (SSSR count).